The van der Waals surface area contributed by atoms with Gasteiger partial charge in [0.1, 0.15) is 0 Å². The normalized spacial score (nSPS) is 33.6. The predicted molar refractivity (Wildman–Crippen MR) is 73.5 cm³/mol. The van der Waals surface area contributed by atoms with E-state index in [9.17, 15) is 9.59 Å². The zero-order chi connectivity index (χ0) is 14.6. The minimum atomic E-state index is -0.691. The van der Waals surface area contributed by atoms with E-state index in [0.717, 1.165) is 32.1 Å². The van der Waals surface area contributed by atoms with Crippen LogP contribution in [0.4, 0.5) is 4.79 Å². The molecule has 1 aliphatic carbocycles. The summed E-state index contributed by atoms with van der Waals surface area (Å²) in [5.74, 6) is -0.498. The summed E-state index contributed by atoms with van der Waals surface area (Å²) in [4.78, 5) is 22.7. The first-order valence-electron chi connectivity index (χ1n) is 7.35. The van der Waals surface area contributed by atoms with E-state index in [1.165, 1.54) is 0 Å². The molecule has 1 saturated heterocycles. The fourth-order valence-electron chi connectivity index (χ4n) is 2.93. The highest BCUT2D eigenvalue weighted by Gasteiger charge is 2.31. The molecule has 0 bridgehead atoms. The molecule has 2 rings (SSSR count). The summed E-state index contributed by atoms with van der Waals surface area (Å²) >= 11 is 0. The molecule has 1 unspecified atom stereocenters. The van der Waals surface area contributed by atoms with Gasteiger partial charge in [-0.1, -0.05) is 0 Å². The molecule has 114 valence electrons. The van der Waals surface area contributed by atoms with Crippen LogP contribution in [0.15, 0.2) is 0 Å². The maximum absolute atomic E-state index is 11.8. The van der Waals surface area contributed by atoms with Gasteiger partial charge in [0.25, 0.3) is 0 Å². The Kier molecular flexibility index (Phi) is 4.86. The number of ether oxygens (including phenoxy) is 1. The van der Waals surface area contributed by atoms with Crippen molar-refractivity contribution in [3.63, 3.8) is 0 Å². The van der Waals surface area contributed by atoms with Crippen LogP contribution in [0.2, 0.25) is 0 Å². The average Bonchev–Trinajstić information content (AvgIpc) is 2.83. The number of hydrogen-bond acceptors (Lipinski definition) is 3. The van der Waals surface area contributed by atoms with Crippen LogP contribution in [0.3, 0.4) is 0 Å². The zero-order valence-corrected chi connectivity index (χ0v) is 12.0. The maximum Gasteiger partial charge on any atom is 0.315 e. The van der Waals surface area contributed by atoms with E-state index in [2.05, 4.69) is 10.6 Å². The molecule has 1 atom stereocenters. The van der Waals surface area contributed by atoms with E-state index >= 15 is 0 Å². The second kappa shape index (κ2) is 6.43. The molecule has 3 N–H and O–H groups in total. The van der Waals surface area contributed by atoms with Crippen molar-refractivity contribution in [2.45, 2.75) is 44.6 Å². The van der Waals surface area contributed by atoms with Crippen LogP contribution >= 0.6 is 0 Å². The van der Waals surface area contributed by atoms with Crippen LogP contribution in [0, 0.1) is 11.8 Å². The predicted octanol–water partition coefficient (Wildman–Crippen LogP) is 1.36. The third kappa shape index (κ3) is 4.10. The summed E-state index contributed by atoms with van der Waals surface area (Å²) in [7, 11) is 0. The third-order valence-corrected chi connectivity index (χ3v) is 4.38. The number of carboxylic acids is 1. The van der Waals surface area contributed by atoms with Crippen molar-refractivity contribution in [1.29, 1.82) is 0 Å². The zero-order valence-electron chi connectivity index (χ0n) is 12.0. The minimum Gasteiger partial charge on any atom is -0.481 e. The van der Waals surface area contributed by atoms with Gasteiger partial charge in [0.05, 0.1) is 18.1 Å². The number of carbonyl (C=O) groups excluding carboxylic acids is 1. The first-order chi connectivity index (χ1) is 9.48. The summed E-state index contributed by atoms with van der Waals surface area (Å²) in [6, 6.07) is -0.154. The molecule has 0 aromatic carbocycles. The Hall–Kier alpha value is -1.30. The molecular formula is C14H24N2O4. The Balaban J connectivity index is 1.65. The highest BCUT2D eigenvalue weighted by molar-refractivity contribution is 5.74. The number of carboxylic acid groups (broad SMARTS) is 1. The minimum absolute atomic E-state index is 0.154. The van der Waals surface area contributed by atoms with E-state index in [4.69, 9.17) is 9.84 Å². The Labute approximate surface area is 119 Å². The van der Waals surface area contributed by atoms with Crippen LogP contribution in [0.1, 0.15) is 39.0 Å². The van der Waals surface area contributed by atoms with Crippen LogP contribution in [0.25, 0.3) is 0 Å². The van der Waals surface area contributed by atoms with Gasteiger partial charge in [0, 0.05) is 13.2 Å². The summed E-state index contributed by atoms with van der Waals surface area (Å²) in [6.07, 6.45) is 4.02. The summed E-state index contributed by atoms with van der Waals surface area (Å²) in [5.41, 5.74) is -0.259. The van der Waals surface area contributed by atoms with E-state index in [0.29, 0.717) is 25.7 Å². The van der Waals surface area contributed by atoms with Crippen molar-refractivity contribution < 1.29 is 19.4 Å². The van der Waals surface area contributed by atoms with E-state index in [-0.39, 0.29) is 17.5 Å². The second-order valence-electron chi connectivity index (χ2n) is 6.25. The van der Waals surface area contributed by atoms with Gasteiger partial charge < -0.3 is 20.5 Å². The number of amides is 2. The van der Waals surface area contributed by atoms with Gasteiger partial charge in [-0.25, -0.2) is 4.79 Å². The lowest BCUT2D eigenvalue weighted by Crippen LogP contribution is -2.51. The Morgan fingerprint density at radius 3 is 2.55 bits per heavy atom. The Morgan fingerprint density at radius 1 is 1.30 bits per heavy atom. The number of carbonyl (C=O) groups is 2. The summed E-state index contributed by atoms with van der Waals surface area (Å²) in [5, 5.41) is 14.8. The lowest BCUT2D eigenvalue weighted by atomic mass is 9.82. The summed E-state index contributed by atoms with van der Waals surface area (Å²) < 4.78 is 5.29. The third-order valence-electron chi connectivity index (χ3n) is 4.38. The van der Waals surface area contributed by atoms with Crippen LogP contribution in [-0.4, -0.2) is 42.4 Å². The maximum atomic E-state index is 11.8. The smallest absolute Gasteiger partial charge is 0.315 e. The molecule has 1 aliphatic heterocycles. The lowest BCUT2D eigenvalue weighted by molar-refractivity contribution is -0.143. The highest BCUT2D eigenvalue weighted by atomic mass is 16.5. The molecule has 0 aromatic heterocycles. The van der Waals surface area contributed by atoms with Crippen molar-refractivity contribution in [2.24, 2.45) is 11.8 Å². The van der Waals surface area contributed by atoms with Gasteiger partial charge >= 0.3 is 12.0 Å². The first-order valence-corrected chi connectivity index (χ1v) is 7.35. The Bertz CT molecular complexity index is 358. The molecular weight excluding hydrogens is 260 g/mol. The fraction of sp³-hybridized carbons (Fsp3) is 0.857. The van der Waals surface area contributed by atoms with E-state index in [1.54, 1.807) is 0 Å². The molecule has 20 heavy (non-hydrogen) atoms. The first kappa shape index (κ1) is 15.1. The summed E-state index contributed by atoms with van der Waals surface area (Å²) in [6.45, 7) is 3.85. The standard InChI is InChI=1S/C14H24N2O4/c1-14(6-7-20-9-14)16-13(19)15-8-10-2-4-11(5-3-10)12(17)18/h10-11H,2-9H2,1H3,(H,17,18)(H2,15,16,19). The van der Waals surface area contributed by atoms with Gasteiger partial charge in [-0.05, 0) is 44.9 Å². The topological polar surface area (TPSA) is 87.7 Å². The number of aliphatic carboxylic acids is 1. The van der Waals surface area contributed by atoms with Crippen LogP contribution in [0.5, 0.6) is 0 Å². The molecule has 6 heteroatoms. The second-order valence-corrected chi connectivity index (χ2v) is 6.25. The van der Waals surface area contributed by atoms with E-state index in [1.807, 2.05) is 6.92 Å². The molecule has 1 heterocycles. The van der Waals surface area contributed by atoms with Gasteiger partial charge in [-0.2, -0.15) is 0 Å². The van der Waals surface area contributed by atoms with Gasteiger partial charge in [0.15, 0.2) is 0 Å². The molecule has 2 aliphatic rings. The number of hydrogen-bond donors (Lipinski definition) is 3. The molecule has 2 fully saturated rings. The number of nitrogens with one attached hydrogen (secondary N) is 2. The Morgan fingerprint density at radius 2 is 2.00 bits per heavy atom. The molecule has 1 saturated carbocycles. The van der Waals surface area contributed by atoms with E-state index < -0.39 is 5.97 Å². The van der Waals surface area contributed by atoms with Crippen molar-refractivity contribution in [3.05, 3.63) is 0 Å². The monoisotopic (exact) mass is 284 g/mol. The fourth-order valence-corrected chi connectivity index (χ4v) is 2.93. The van der Waals surface area contributed by atoms with Gasteiger partial charge in [0.2, 0.25) is 0 Å². The average molecular weight is 284 g/mol. The van der Waals surface area contributed by atoms with Crippen molar-refractivity contribution in [1.82, 2.24) is 10.6 Å². The molecule has 0 spiro atoms. The quantitative estimate of drug-likeness (QED) is 0.727. The van der Waals surface area contributed by atoms with Crippen LogP contribution < -0.4 is 10.6 Å². The van der Waals surface area contributed by atoms with Crippen LogP contribution in [-0.2, 0) is 9.53 Å². The number of rotatable bonds is 4. The van der Waals surface area contributed by atoms with Crippen molar-refractivity contribution >= 4 is 12.0 Å². The van der Waals surface area contributed by atoms with Gasteiger partial charge in [-0.15, -0.1) is 0 Å². The molecule has 0 aromatic rings. The lowest BCUT2D eigenvalue weighted by Gasteiger charge is -2.28. The largest absolute Gasteiger partial charge is 0.481 e. The highest BCUT2D eigenvalue weighted by Crippen LogP contribution is 2.28. The molecule has 6 nitrogen and oxygen atoms in total. The SMILES string of the molecule is CC1(NC(=O)NCC2CCC(C(=O)O)CC2)CCOC1. The van der Waals surface area contributed by atoms with Crippen molar-refractivity contribution in [3.8, 4) is 0 Å². The molecule has 2 amide bonds. The van der Waals surface area contributed by atoms with Crippen molar-refractivity contribution in [2.75, 3.05) is 19.8 Å². The van der Waals surface area contributed by atoms with Gasteiger partial charge in [-0.3, -0.25) is 4.79 Å². The number of urea groups is 1. The molecule has 0 radical (unpaired) electrons.